The molecule has 0 saturated carbocycles. The number of pyridine rings is 1. The summed E-state index contributed by atoms with van der Waals surface area (Å²) in [6.45, 7) is 3.95. The lowest BCUT2D eigenvalue weighted by atomic mass is 10.2. The minimum atomic E-state index is -0.243. The molecule has 0 saturated heterocycles. The number of halogens is 1. The number of hydrogen-bond acceptors (Lipinski definition) is 5. The summed E-state index contributed by atoms with van der Waals surface area (Å²) in [6.07, 6.45) is 2.00. The predicted octanol–water partition coefficient (Wildman–Crippen LogP) is 4.43. The fourth-order valence-electron chi connectivity index (χ4n) is 2.62. The number of benzene rings is 1. The van der Waals surface area contributed by atoms with Crippen LogP contribution < -0.4 is 0 Å². The van der Waals surface area contributed by atoms with Gasteiger partial charge in [0.15, 0.2) is 0 Å². The second-order valence-electron chi connectivity index (χ2n) is 5.77. The Bertz CT molecular complexity index is 1040. The van der Waals surface area contributed by atoms with Crippen LogP contribution in [0.4, 0.5) is 4.39 Å². The molecule has 7 heteroatoms. The first-order chi connectivity index (χ1) is 12.1. The fourth-order valence-corrected chi connectivity index (χ4v) is 3.33. The third kappa shape index (κ3) is 3.15. The van der Waals surface area contributed by atoms with Crippen LogP contribution in [0.15, 0.2) is 52.2 Å². The SMILES string of the molecule is Cc1ccc2nc(C)c(-c3nnc(SCc4ccc(F)cc4)o3)n2c1. The van der Waals surface area contributed by atoms with E-state index in [4.69, 9.17) is 4.42 Å². The van der Waals surface area contributed by atoms with Crippen LogP contribution in [0.25, 0.3) is 17.2 Å². The van der Waals surface area contributed by atoms with Crippen LogP contribution >= 0.6 is 11.8 Å². The maximum atomic E-state index is 12.9. The first-order valence-electron chi connectivity index (χ1n) is 7.76. The zero-order chi connectivity index (χ0) is 17.4. The van der Waals surface area contributed by atoms with Gasteiger partial charge in [0, 0.05) is 11.9 Å². The third-order valence-corrected chi connectivity index (χ3v) is 4.71. The Kier molecular flexibility index (Phi) is 4.01. The molecule has 0 aliphatic carbocycles. The summed E-state index contributed by atoms with van der Waals surface area (Å²) in [4.78, 5) is 4.53. The van der Waals surface area contributed by atoms with Crippen LogP contribution in [0, 0.1) is 19.7 Å². The summed E-state index contributed by atoms with van der Waals surface area (Å²) in [6, 6.07) is 10.4. The summed E-state index contributed by atoms with van der Waals surface area (Å²) in [5.41, 5.74) is 4.60. The minimum absolute atomic E-state index is 0.243. The van der Waals surface area contributed by atoms with E-state index in [9.17, 15) is 4.39 Å². The molecule has 1 aromatic carbocycles. The van der Waals surface area contributed by atoms with Gasteiger partial charge in [0.1, 0.15) is 17.2 Å². The summed E-state index contributed by atoms with van der Waals surface area (Å²) in [5, 5.41) is 8.75. The standard InChI is InChI=1S/C18H15FN4OS/c1-11-3-8-15-20-12(2)16(23(15)9-11)17-21-22-18(24-17)25-10-13-4-6-14(19)7-5-13/h3-9H,10H2,1-2H3. The van der Waals surface area contributed by atoms with E-state index in [1.807, 2.05) is 36.6 Å². The highest BCUT2D eigenvalue weighted by Crippen LogP contribution is 2.28. The van der Waals surface area contributed by atoms with E-state index in [1.54, 1.807) is 12.1 Å². The number of aryl methyl sites for hydroxylation is 2. The number of rotatable bonds is 4. The molecule has 0 spiro atoms. The molecule has 0 aliphatic heterocycles. The molecule has 0 N–H and O–H groups in total. The van der Waals surface area contributed by atoms with E-state index in [0.717, 1.165) is 28.2 Å². The van der Waals surface area contributed by atoms with Crippen molar-refractivity contribution in [3.05, 3.63) is 65.2 Å². The zero-order valence-electron chi connectivity index (χ0n) is 13.7. The molecule has 4 rings (SSSR count). The molecule has 0 amide bonds. The highest BCUT2D eigenvalue weighted by Gasteiger charge is 2.17. The van der Waals surface area contributed by atoms with E-state index in [1.165, 1.54) is 23.9 Å². The van der Waals surface area contributed by atoms with Gasteiger partial charge in [-0.05, 0) is 43.2 Å². The number of nitrogens with zero attached hydrogens (tertiary/aromatic N) is 4. The molecule has 3 aromatic heterocycles. The molecular weight excluding hydrogens is 339 g/mol. The molecule has 5 nitrogen and oxygen atoms in total. The van der Waals surface area contributed by atoms with Gasteiger partial charge in [0.2, 0.25) is 0 Å². The minimum Gasteiger partial charge on any atom is -0.410 e. The fraction of sp³-hybridized carbons (Fsp3) is 0.167. The maximum Gasteiger partial charge on any atom is 0.277 e. The predicted molar refractivity (Wildman–Crippen MR) is 93.9 cm³/mol. The van der Waals surface area contributed by atoms with E-state index in [-0.39, 0.29) is 5.82 Å². The van der Waals surface area contributed by atoms with Crippen LogP contribution in [-0.4, -0.2) is 19.6 Å². The second kappa shape index (κ2) is 6.33. The van der Waals surface area contributed by atoms with E-state index >= 15 is 0 Å². The smallest absolute Gasteiger partial charge is 0.277 e. The lowest BCUT2D eigenvalue weighted by Gasteiger charge is -2.00. The molecule has 0 unspecified atom stereocenters. The Morgan fingerprint density at radius 1 is 1.08 bits per heavy atom. The third-order valence-electron chi connectivity index (χ3n) is 3.83. The van der Waals surface area contributed by atoms with Gasteiger partial charge in [-0.3, -0.25) is 4.40 Å². The Morgan fingerprint density at radius 2 is 1.88 bits per heavy atom. The topological polar surface area (TPSA) is 56.2 Å². The van der Waals surface area contributed by atoms with Crippen molar-refractivity contribution in [2.24, 2.45) is 0 Å². The number of imidazole rings is 1. The number of thioether (sulfide) groups is 1. The number of fused-ring (bicyclic) bond motifs is 1. The van der Waals surface area contributed by atoms with Crippen LogP contribution in [0.1, 0.15) is 16.8 Å². The van der Waals surface area contributed by atoms with Crippen molar-refractivity contribution in [2.75, 3.05) is 0 Å². The molecule has 0 atom stereocenters. The highest BCUT2D eigenvalue weighted by atomic mass is 32.2. The highest BCUT2D eigenvalue weighted by molar-refractivity contribution is 7.98. The van der Waals surface area contributed by atoms with Crippen molar-refractivity contribution in [1.29, 1.82) is 0 Å². The Hall–Kier alpha value is -2.67. The van der Waals surface area contributed by atoms with E-state index in [2.05, 4.69) is 15.2 Å². The summed E-state index contributed by atoms with van der Waals surface area (Å²) < 4.78 is 20.7. The summed E-state index contributed by atoms with van der Waals surface area (Å²) in [7, 11) is 0. The quantitative estimate of drug-likeness (QED) is 0.507. The first-order valence-corrected chi connectivity index (χ1v) is 8.75. The van der Waals surface area contributed by atoms with Gasteiger partial charge < -0.3 is 4.42 Å². The first kappa shape index (κ1) is 15.8. The normalized spacial score (nSPS) is 11.3. The van der Waals surface area contributed by atoms with Crippen LogP contribution in [-0.2, 0) is 5.75 Å². The second-order valence-corrected chi connectivity index (χ2v) is 6.70. The Balaban J connectivity index is 1.60. The maximum absolute atomic E-state index is 12.9. The lowest BCUT2D eigenvalue weighted by molar-refractivity contribution is 0.464. The van der Waals surface area contributed by atoms with Gasteiger partial charge >= 0.3 is 0 Å². The van der Waals surface area contributed by atoms with Gasteiger partial charge in [0.25, 0.3) is 11.1 Å². The molecule has 0 bridgehead atoms. The molecule has 0 fully saturated rings. The van der Waals surface area contributed by atoms with Crippen molar-refractivity contribution < 1.29 is 8.81 Å². The molecule has 25 heavy (non-hydrogen) atoms. The molecular formula is C18H15FN4OS. The molecule has 0 radical (unpaired) electrons. The molecule has 126 valence electrons. The number of hydrogen-bond donors (Lipinski definition) is 0. The molecule has 0 aliphatic rings. The van der Waals surface area contributed by atoms with E-state index < -0.39 is 0 Å². The van der Waals surface area contributed by atoms with Crippen molar-refractivity contribution in [3.63, 3.8) is 0 Å². The Labute approximate surface area is 147 Å². The lowest BCUT2D eigenvalue weighted by Crippen LogP contribution is -1.90. The average molecular weight is 354 g/mol. The van der Waals surface area contributed by atoms with Gasteiger partial charge in [-0.15, -0.1) is 10.2 Å². The van der Waals surface area contributed by atoms with Crippen LogP contribution in [0.2, 0.25) is 0 Å². The Morgan fingerprint density at radius 3 is 2.68 bits per heavy atom. The van der Waals surface area contributed by atoms with Crippen LogP contribution in [0.3, 0.4) is 0 Å². The van der Waals surface area contributed by atoms with Crippen LogP contribution in [0.5, 0.6) is 0 Å². The van der Waals surface area contributed by atoms with Crippen molar-refractivity contribution in [3.8, 4) is 11.6 Å². The average Bonchev–Trinajstić information content (AvgIpc) is 3.17. The van der Waals surface area contributed by atoms with Crippen molar-refractivity contribution >= 4 is 17.4 Å². The largest absolute Gasteiger partial charge is 0.410 e. The van der Waals surface area contributed by atoms with E-state index in [0.29, 0.717) is 16.9 Å². The van der Waals surface area contributed by atoms with Crippen molar-refractivity contribution in [2.45, 2.75) is 24.8 Å². The summed E-state index contributed by atoms with van der Waals surface area (Å²) >= 11 is 1.42. The van der Waals surface area contributed by atoms with Gasteiger partial charge in [-0.2, -0.15) is 0 Å². The summed E-state index contributed by atoms with van der Waals surface area (Å²) in [5.74, 6) is 0.831. The van der Waals surface area contributed by atoms with Crippen molar-refractivity contribution in [1.82, 2.24) is 19.6 Å². The zero-order valence-corrected chi connectivity index (χ0v) is 14.5. The monoisotopic (exact) mass is 354 g/mol. The molecule has 4 aromatic rings. The van der Waals surface area contributed by atoms with Gasteiger partial charge in [0.05, 0.1) is 5.69 Å². The number of aromatic nitrogens is 4. The van der Waals surface area contributed by atoms with Gasteiger partial charge in [-0.1, -0.05) is 30.0 Å². The van der Waals surface area contributed by atoms with Gasteiger partial charge in [-0.25, -0.2) is 9.37 Å². The molecule has 3 heterocycles.